The van der Waals surface area contributed by atoms with Gasteiger partial charge in [-0.05, 0) is 18.6 Å². The topological polar surface area (TPSA) is 59.1 Å². The molecule has 0 saturated heterocycles. The van der Waals surface area contributed by atoms with E-state index < -0.39 is 0 Å². The molecular weight excluding hydrogens is 188 g/mol. The zero-order valence-corrected chi connectivity index (χ0v) is 9.29. The fourth-order valence-corrected chi connectivity index (χ4v) is 1.08. The monoisotopic (exact) mass is 206 g/mol. The molecule has 0 heterocycles. The van der Waals surface area contributed by atoms with Gasteiger partial charge in [-0.25, -0.2) is 0 Å². The molecule has 0 aliphatic heterocycles. The second kappa shape index (κ2) is 4.82. The van der Waals surface area contributed by atoms with E-state index in [1.54, 1.807) is 0 Å². The summed E-state index contributed by atoms with van der Waals surface area (Å²) in [5.41, 5.74) is 5.19. The van der Waals surface area contributed by atoms with Gasteiger partial charge in [0.2, 0.25) is 0 Å². The fourth-order valence-electron chi connectivity index (χ4n) is 1.08. The molecule has 0 unspecified atom stereocenters. The second-order valence-electron chi connectivity index (χ2n) is 4.21. The Bertz CT molecular complexity index is 320. The molecule has 82 valence electrons. The Kier molecular flexibility index (Phi) is 3.72. The van der Waals surface area contributed by atoms with Crippen LogP contribution in [0, 0.1) is 10.8 Å². The lowest BCUT2D eigenvalue weighted by Crippen LogP contribution is -2.32. The van der Waals surface area contributed by atoms with Crippen molar-refractivity contribution >= 4 is 5.84 Å². The first-order chi connectivity index (χ1) is 7.02. The van der Waals surface area contributed by atoms with Crippen LogP contribution >= 0.6 is 0 Å². The van der Waals surface area contributed by atoms with Gasteiger partial charge in [0.15, 0.2) is 0 Å². The number of nitrogens with two attached hydrogens (primary N) is 1. The van der Waals surface area contributed by atoms with Crippen LogP contribution < -0.4 is 10.5 Å². The summed E-state index contributed by atoms with van der Waals surface area (Å²) in [4.78, 5) is 0. The van der Waals surface area contributed by atoms with E-state index in [-0.39, 0.29) is 11.3 Å². The minimum Gasteiger partial charge on any atom is -0.494 e. The minimum atomic E-state index is -0.283. The summed E-state index contributed by atoms with van der Waals surface area (Å²) < 4.78 is 5.54. The van der Waals surface area contributed by atoms with E-state index in [9.17, 15) is 0 Å². The SMILES string of the molecule is CC(C)(CCOc1ccccc1)C(=N)N. The third-order valence-corrected chi connectivity index (χ3v) is 2.47. The van der Waals surface area contributed by atoms with Crippen LogP contribution in [0.5, 0.6) is 5.75 Å². The molecule has 0 bridgehead atoms. The van der Waals surface area contributed by atoms with Gasteiger partial charge in [-0.1, -0.05) is 32.0 Å². The van der Waals surface area contributed by atoms with Crippen molar-refractivity contribution in [3.63, 3.8) is 0 Å². The Hall–Kier alpha value is -1.51. The quantitative estimate of drug-likeness (QED) is 0.574. The van der Waals surface area contributed by atoms with Gasteiger partial charge < -0.3 is 10.5 Å². The number of hydrogen-bond donors (Lipinski definition) is 2. The van der Waals surface area contributed by atoms with Crippen LogP contribution in [0.1, 0.15) is 20.3 Å². The smallest absolute Gasteiger partial charge is 0.119 e. The van der Waals surface area contributed by atoms with Gasteiger partial charge in [0.25, 0.3) is 0 Å². The Balaban J connectivity index is 2.37. The van der Waals surface area contributed by atoms with E-state index in [0.717, 1.165) is 12.2 Å². The number of para-hydroxylation sites is 1. The molecule has 1 aromatic rings. The van der Waals surface area contributed by atoms with Gasteiger partial charge in [-0.15, -0.1) is 0 Å². The molecule has 0 aliphatic carbocycles. The molecule has 15 heavy (non-hydrogen) atoms. The lowest BCUT2D eigenvalue weighted by Gasteiger charge is -2.22. The Morgan fingerprint density at radius 2 is 1.93 bits per heavy atom. The van der Waals surface area contributed by atoms with Crippen molar-refractivity contribution in [3.8, 4) is 5.75 Å². The summed E-state index contributed by atoms with van der Waals surface area (Å²) in [5, 5.41) is 7.40. The molecule has 0 saturated carbocycles. The second-order valence-corrected chi connectivity index (χ2v) is 4.21. The van der Waals surface area contributed by atoms with Crippen molar-refractivity contribution in [2.45, 2.75) is 20.3 Å². The van der Waals surface area contributed by atoms with Crippen molar-refractivity contribution in [2.24, 2.45) is 11.1 Å². The minimum absolute atomic E-state index is 0.208. The first-order valence-electron chi connectivity index (χ1n) is 5.05. The van der Waals surface area contributed by atoms with Crippen LogP contribution in [0.25, 0.3) is 0 Å². The van der Waals surface area contributed by atoms with Crippen LogP contribution in [0.15, 0.2) is 30.3 Å². The van der Waals surface area contributed by atoms with Crippen LogP contribution in [-0.4, -0.2) is 12.4 Å². The zero-order chi connectivity index (χ0) is 11.3. The number of nitrogens with one attached hydrogen (secondary N) is 1. The molecule has 3 heteroatoms. The Morgan fingerprint density at radius 1 is 1.33 bits per heavy atom. The number of ether oxygens (including phenoxy) is 1. The first kappa shape index (κ1) is 11.6. The van der Waals surface area contributed by atoms with E-state index in [1.807, 2.05) is 44.2 Å². The average molecular weight is 206 g/mol. The lowest BCUT2D eigenvalue weighted by atomic mass is 9.88. The molecular formula is C12H18N2O. The van der Waals surface area contributed by atoms with Crippen molar-refractivity contribution < 1.29 is 4.74 Å². The number of amidine groups is 1. The van der Waals surface area contributed by atoms with Crippen molar-refractivity contribution in [1.29, 1.82) is 5.41 Å². The predicted octanol–water partition coefficient (Wildman–Crippen LogP) is 2.42. The highest BCUT2D eigenvalue weighted by Gasteiger charge is 2.21. The molecule has 0 aromatic heterocycles. The van der Waals surface area contributed by atoms with Crippen LogP contribution in [0.4, 0.5) is 0 Å². The maximum Gasteiger partial charge on any atom is 0.119 e. The van der Waals surface area contributed by atoms with E-state index in [0.29, 0.717) is 6.61 Å². The molecule has 1 aromatic carbocycles. The maximum absolute atomic E-state index is 7.40. The van der Waals surface area contributed by atoms with Crippen molar-refractivity contribution in [2.75, 3.05) is 6.61 Å². The van der Waals surface area contributed by atoms with E-state index in [1.165, 1.54) is 0 Å². The molecule has 0 atom stereocenters. The normalized spacial score (nSPS) is 11.1. The summed E-state index contributed by atoms with van der Waals surface area (Å²) in [6.07, 6.45) is 0.747. The molecule has 1 rings (SSSR count). The lowest BCUT2D eigenvalue weighted by molar-refractivity contribution is 0.268. The Morgan fingerprint density at radius 3 is 2.47 bits per heavy atom. The summed E-state index contributed by atoms with van der Waals surface area (Å²) >= 11 is 0. The molecule has 0 fully saturated rings. The van der Waals surface area contributed by atoms with Crippen LogP contribution in [0.3, 0.4) is 0 Å². The maximum atomic E-state index is 7.40. The number of benzene rings is 1. The number of rotatable bonds is 5. The van der Waals surface area contributed by atoms with Gasteiger partial charge in [-0.2, -0.15) is 0 Å². The van der Waals surface area contributed by atoms with Gasteiger partial charge in [0, 0.05) is 5.41 Å². The van der Waals surface area contributed by atoms with Crippen molar-refractivity contribution in [1.82, 2.24) is 0 Å². The van der Waals surface area contributed by atoms with Gasteiger partial charge >= 0.3 is 0 Å². The average Bonchev–Trinajstić information content (AvgIpc) is 2.19. The largest absolute Gasteiger partial charge is 0.494 e. The zero-order valence-electron chi connectivity index (χ0n) is 9.29. The highest BCUT2D eigenvalue weighted by molar-refractivity contribution is 5.82. The van der Waals surface area contributed by atoms with Gasteiger partial charge in [0.1, 0.15) is 5.75 Å². The predicted molar refractivity (Wildman–Crippen MR) is 62.2 cm³/mol. The molecule has 3 N–H and O–H groups in total. The van der Waals surface area contributed by atoms with E-state index in [4.69, 9.17) is 15.9 Å². The summed E-state index contributed by atoms with van der Waals surface area (Å²) in [7, 11) is 0. The standard InChI is InChI=1S/C12H18N2O/c1-12(2,11(13)14)8-9-15-10-6-4-3-5-7-10/h3-7H,8-9H2,1-2H3,(H3,13,14). The first-order valence-corrected chi connectivity index (χ1v) is 5.05. The number of hydrogen-bond acceptors (Lipinski definition) is 2. The van der Waals surface area contributed by atoms with Gasteiger partial charge in [-0.3, -0.25) is 5.41 Å². The molecule has 0 spiro atoms. The highest BCUT2D eigenvalue weighted by atomic mass is 16.5. The van der Waals surface area contributed by atoms with Crippen molar-refractivity contribution in [3.05, 3.63) is 30.3 Å². The molecule has 0 aliphatic rings. The molecule has 3 nitrogen and oxygen atoms in total. The molecule has 0 radical (unpaired) electrons. The third kappa shape index (κ3) is 3.62. The van der Waals surface area contributed by atoms with Gasteiger partial charge in [0.05, 0.1) is 12.4 Å². The van der Waals surface area contributed by atoms with Crippen LogP contribution in [0.2, 0.25) is 0 Å². The van der Waals surface area contributed by atoms with E-state index >= 15 is 0 Å². The highest BCUT2D eigenvalue weighted by Crippen LogP contribution is 2.20. The summed E-state index contributed by atoms with van der Waals surface area (Å²) in [5.74, 6) is 1.07. The fraction of sp³-hybridized carbons (Fsp3) is 0.417. The third-order valence-electron chi connectivity index (χ3n) is 2.47. The van der Waals surface area contributed by atoms with E-state index in [2.05, 4.69) is 0 Å². The summed E-state index contributed by atoms with van der Waals surface area (Å²) in [6, 6.07) is 9.66. The Labute approximate surface area is 90.8 Å². The summed E-state index contributed by atoms with van der Waals surface area (Å²) in [6.45, 7) is 4.48. The molecule has 0 amide bonds. The van der Waals surface area contributed by atoms with Crippen LogP contribution in [-0.2, 0) is 0 Å².